The van der Waals surface area contributed by atoms with Gasteiger partial charge in [0.25, 0.3) is 11.6 Å². The van der Waals surface area contributed by atoms with Gasteiger partial charge in [0.1, 0.15) is 17.6 Å². The highest BCUT2D eigenvalue weighted by molar-refractivity contribution is 5.98. The summed E-state index contributed by atoms with van der Waals surface area (Å²) in [5.41, 5.74) is -0.135. The molecule has 2 rings (SSSR count). The molecule has 1 aromatic rings. The zero-order valence-corrected chi connectivity index (χ0v) is 12.3. The zero-order chi connectivity index (χ0) is 15.4. The van der Waals surface area contributed by atoms with E-state index in [-0.39, 0.29) is 17.2 Å². The Hall–Kier alpha value is -2.18. The van der Waals surface area contributed by atoms with Crippen LogP contribution in [0.5, 0.6) is 0 Å². The Kier molecular flexibility index (Phi) is 4.72. The van der Waals surface area contributed by atoms with Crippen LogP contribution in [0.2, 0.25) is 0 Å². The molecule has 0 atom stereocenters. The van der Waals surface area contributed by atoms with Gasteiger partial charge in [0, 0.05) is 25.7 Å². The van der Waals surface area contributed by atoms with Gasteiger partial charge in [0.05, 0.1) is 4.92 Å². The second-order valence-electron chi connectivity index (χ2n) is 5.16. The van der Waals surface area contributed by atoms with Crippen molar-refractivity contribution in [3.63, 3.8) is 0 Å². The lowest BCUT2D eigenvalue weighted by Gasteiger charge is -2.20. The number of carbonyl (C=O) groups excluding carboxylic acids is 1. The van der Waals surface area contributed by atoms with E-state index in [1.165, 1.54) is 6.07 Å². The van der Waals surface area contributed by atoms with Crippen LogP contribution in [0.1, 0.15) is 37.0 Å². The first-order chi connectivity index (χ1) is 10.1. The average molecular weight is 292 g/mol. The van der Waals surface area contributed by atoms with Gasteiger partial charge in [-0.25, -0.2) is 4.98 Å². The Bertz CT molecular complexity index is 543. The van der Waals surface area contributed by atoms with Crippen molar-refractivity contribution in [2.45, 2.75) is 26.7 Å². The number of aromatic nitrogens is 1. The fourth-order valence-electron chi connectivity index (χ4n) is 2.18. The highest BCUT2D eigenvalue weighted by Crippen LogP contribution is 2.31. The van der Waals surface area contributed by atoms with E-state index in [4.69, 9.17) is 0 Å². The molecule has 1 amide bonds. The number of hydrogen-bond acceptors (Lipinski definition) is 5. The van der Waals surface area contributed by atoms with Crippen LogP contribution in [0.25, 0.3) is 0 Å². The predicted molar refractivity (Wildman–Crippen MR) is 79.4 cm³/mol. The van der Waals surface area contributed by atoms with Gasteiger partial charge in [0.15, 0.2) is 0 Å². The minimum Gasteiger partial charge on any atom is -0.370 e. The van der Waals surface area contributed by atoms with Crippen LogP contribution >= 0.6 is 0 Å². The molecule has 1 aliphatic carbocycles. The van der Waals surface area contributed by atoms with Crippen molar-refractivity contribution < 1.29 is 9.72 Å². The lowest BCUT2D eigenvalue weighted by atomic mass is 10.2. The lowest BCUT2D eigenvalue weighted by Crippen LogP contribution is -2.33. The number of pyridine rings is 1. The third-order valence-electron chi connectivity index (χ3n) is 3.51. The molecule has 7 nitrogen and oxygen atoms in total. The second-order valence-corrected chi connectivity index (χ2v) is 5.16. The molecule has 21 heavy (non-hydrogen) atoms. The molecular weight excluding hydrogens is 272 g/mol. The molecule has 0 unspecified atom stereocenters. The van der Waals surface area contributed by atoms with Crippen molar-refractivity contribution in [3.8, 4) is 0 Å². The lowest BCUT2D eigenvalue weighted by molar-refractivity contribution is -0.385. The van der Waals surface area contributed by atoms with Crippen LogP contribution < -0.4 is 5.32 Å². The Labute approximate surface area is 123 Å². The van der Waals surface area contributed by atoms with Crippen LogP contribution in [0.15, 0.2) is 12.3 Å². The number of nitrogens with one attached hydrogen (secondary N) is 1. The molecule has 0 saturated heterocycles. The third kappa shape index (κ3) is 3.68. The van der Waals surface area contributed by atoms with Crippen molar-refractivity contribution in [2.75, 3.05) is 25.0 Å². The van der Waals surface area contributed by atoms with Gasteiger partial charge in [-0.05, 0) is 32.6 Å². The Balaban J connectivity index is 2.30. The number of hydrogen-bond donors (Lipinski definition) is 1. The number of amides is 1. The van der Waals surface area contributed by atoms with Crippen molar-refractivity contribution in [3.05, 3.63) is 27.9 Å². The number of anilines is 1. The van der Waals surface area contributed by atoms with Gasteiger partial charge in [-0.1, -0.05) is 0 Å². The summed E-state index contributed by atoms with van der Waals surface area (Å²) in [6.45, 7) is 5.64. The summed E-state index contributed by atoms with van der Waals surface area (Å²) in [7, 11) is 0. The second kappa shape index (κ2) is 6.51. The molecule has 1 aliphatic rings. The Morgan fingerprint density at radius 3 is 2.76 bits per heavy atom. The van der Waals surface area contributed by atoms with E-state index in [0.29, 0.717) is 31.4 Å². The van der Waals surface area contributed by atoms with Gasteiger partial charge < -0.3 is 10.2 Å². The van der Waals surface area contributed by atoms with Crippen molar-refractivity contribution in [2.24, 2.45) is 5.92 Å². The van der Waals surface area contributed by atoms with Crippen molar-refractivity contribution in [1.29, 1.82) is 0 Å². The molecule has 1 heterocycles. The standard InChI is InChI=1S/C14H20N4O3/c1-3-15-13-7-11(12(8-16-13)18(20)21)14(19)17(4-2)9-10-5-6-10/h7-8,10H,3-6,9H2,1-2H3,(H,15,16). The Morgan fingerprint density at radius 1 is 1.52 bits per heavy atom. The summed E-state index contributed by atoms with van der Waals surface area (Å²) in [6.07, 6.45) is 3.41. The number of carbonyl (C=O) groups is 1. The van der Waals surface area contributed by atoms with Crippen molar-refractivity contribution in [1.82, 2.24) is 9.88 Å². The number of rotatable bonds is 7. The van der Waals surface area contributed by atoms with Gasteiger partial charge in [-0.3, -0.25) is 14.9 Å². The molecule has 0 aromatic carbocycles. The first kappa shape index (κ1) is 15.2. The molecule has 0 spiro atoms. The topological polar surface area (TPSA) is 88.4 Å². The van der Waals surface area contributed by atoms with Gasteiger partial charge in [0.2, 0.25) is 0 Å². The summed E-state index contributed by atoms with van der Waals surface area (Å²) in [5, 5.41) is 14.1. The summed E-state index contributed by atoms with van der Waals surface area (Å²) in [6, 6.07) is 1.47. The maximum absolute atomic E-state index is 12.6. The molecule has 0 aliphatic heterocycles. The summed E-state index contributed by atoms with van der Waals surface area (Å²) < 4.78 is 0. The summed E-state index contributed by atoms with van der Waals surface area (Å²) in [4.78, 5) is 28.8. The molecule has 1 fully saturated rings. The van der Waals surface area contributed by atoms with Crippen LogP contribution in [0, 0.1) is 16.0 Å². The fraction of sp³-hybridized carbons (Fsp3) is 0.571. The van der Waals surface area contributed by atoms with Crippen molar-refractivity contribution >= 4 is 17.4 Å². The molecular formula is C14H20N4O3. The molecule has 114 valence electrons. The van der Waals surface area contributed by atoms with Crippen LogP contribution in [0.4, 0.5) is 11.5 Å². The molecule has 0 bridgehead atoms. The summed E-state index contributed by atoms with van der Waals surface area (Å²) >= 11 is 0. The number of nitro groups is 1. The first-order valence-electron chi connectivity index (χ1n) is 7.24. The van der Waals surface area contributed by atoms with E-state index in [1.54, 1.807) is 4.90 Å². The highest BCUT2D eigenvalue weighted by atomic mass is 16.6. The van der Waals surface area contributed by atoms with Gasteiger partial charge in [-0.2, -0.15) is 0 Å². The summed E-state index contributed by atoms with van der Waals surface area (Å²) in [5.74, 6) is 0.731. The maximum Gasteiger partial charge on any atom is 0.300 e. The van der Waals surface area contributed by atoms with E-state index < -0.39 is 4.92 Å². The molecule has 0 radical (unpaired) electrons. The monoisotopic (exact) mass is 292 g/mol. The minimum absolute atomic E-state index is 0.105. The maximum atomic E-state index is 12.6. The van der Waals surface area contributed by atoms with Crippen LogP contribution in [-0.2, 0) is 0 Å². The van der Waals surface area contributed by atoms with E-state index in [2.05, 4.69) is 10.3 Å². The van der Waals surface area contributed by atoms with Gasteiger partial charge in [-0.15, -0.1) is 0 Å². The Morgan fingerprint density at radius 2 is 2.24 bits per heavy atom. The molecule has 1 saturated carbocycles. The first-order valence-corrected chi connectivity index (χ1v) is 7.24. The van der Waals surface area contributed by atoms with Gasteiger partial charge >= 0.3 is 0 Å². The molecule has 1 aromatic heterocycles. The average Bonchev–Trinajstić information content (AvgIpc) is 3.28. The minimum atomic E-state index is -0.555. The number of nitrogens with zero attached hydrogens (tertiary/aromatic N) is 3. The van der Waals surface area contributed by atoms with E-state index in [0.717, 1.165) is 19.0 Å². The predicted octanol–water partition coefficient (Wildman–Crippen LogP) is 2.29. The largest absolute Gasteiger partial charge is 0.370 e. The third-order valence-corrected chi connectivity index (χ3v) is 3.51. The van der Waals surface area contributed by atoms with E-state index in [1.807, 2.05) is 13.8 Å². The SMILES string of the molecule is CCNc1cc(C(=O)N(CC)CC2CC2)c([N+](=O)[O-])cn1. The molecule has 7 heteroatoms. The normalized spacial score (nSPS) is 13.8. The quantitative estimate of drug-likeness (QED) is 0.615. The zero-order valence-electron chi connectivity index (χ0n) is 12.3. The fourth-order valence-corrected chi connectivity index (χ4v) is 2.18. The van der Waals surface area contributed by atoms with E-state index >= 15 is 0 Å². The smallest absolute Gasteiger partial charge is 0.300 e. The highest BCUT2D eigenvalue weighted by Gasteiger charge is 2.30. The van der Waals surface area contributed by atoms with Crippen LogP contribution in [-0.4, -0.2) is 40.3 Å². The van der Waals surface area contributed by atoms with E-state index in [9.17, 15) is 14.9 Å². The molecule has 1 N–H and O–H groups in total. The van der Waals surface area contributed by atoms with Crippen LogP contribution in [0.3, 0.4) is 0 Å².